The van der Waals surface area contributed by atoms with Crippen LogP contribution in [-0.2, 0) is 28.8 Å². The molecule has 3 aromatic rings. The fraction of sp³-hybridized carbons (Fsp3) is 0.417. The van der Waals surface area contributed by atoms with Gasteiger partial charge in [0.2, 0.25) is 5.91 Å². The Hall–Kier alpha value is -3.20. The molecule has 2 heterocycles. The molecule has 1 aliphatic carbocycles. The molecule has 0 unspecified atom stereocenters. The van der Waals surface area contributed by atoms with Crippen molar-refractivity contribution < 1.29 is 19.1 Å². The highest BCUT2D eigenvalue weighted by molar-refractivity contribution is 7.16. The van der Waals surface area contributed by atoms with Crippen LogP contribution in [0.1, 0.15) is 53.1 Å². The summed E-state index contributed by atoms with van der Waals surface area (Å²) in [5.74, 6) is 0.919. The number of carbonyl (C=O) groups excluding carboxylic acids is 2. The van der Waals surface area contributed by atoms with E-state index in [-0.39, 0.29) is 11.9 Å². The molecular weight excluding hydrogens is 440 g/mol. The quantitative estimate of drug-likeness (QED) is 0.342. The maximum atomic E-state index is 12.7. The molecule has 33 heavy (non-hydrogen) atoms. The number of esters is 1. The zero-order valence-corrected chi connectivity index (χ0v) is 19.9. The van der Waals surface area contributed by atoms with Gasteiger partial charge in [-0.3, -0.25) is 4.79 Å². The van der Waals surface area contributed by atoms with Gasteiger partial charge in [-0.15, -0.1) is 21.6 Å². The SMILES string of the molecule is CCOC(=O)c1c(/N=N/c2[nH]c3ccc(OC)cc3c2CCNC(C)=O)sc2c1CCCC2. The molecular formula is C24H28N4O4S. The second kappa shape index (κ2) is 10.2. The first-order valence-corrected chi connectivity index (χ1v) is 12.0. The number of rotatable bonds is 8. The summed E-state index contributed by atoms with van der Waals surface area (Å²) in [6.45, 7) is 4.09. The fourth-order valence-corrected chi connectivity index (χ4v) is 5.37. The molecule has 0 aliphatic heterocycles. The number of amides is 1. The van der Waals surface area contributed by atoms with E-state index in [0.29, 0.717) is 36.0 Å². The number of hydrogen-bond donors (Lipinski definition) is 2. The van der Waals surface area contributed by atoms with E-state index >= 15 is 0 Å². The summed E-state index contributed by atoms with van der Waals surface area (Å²) in [6, 6.07) is 5.76. The Kier molecular flexibility index (Phi) is 7.08. The number of ether oxygens (including phenoxy) is 2. The van der Waals surface area contributed by atoms with E-state index in [2.05, 4.69) is 20.5 Å². The molecule has 4 rings (SSSR count). The highest BCUT2D eigenvalue weighted by Gasteiger charge is 2.26. The maximum absolute atomic E-state index is 12.7. The minimum Gasteiger partial charge on any atom is -0.497 e. The number of nitrogens with one attached hydrogen (secondary N) is 2. The van der Waals surface area contributed by atoms with Gasteiger partial charge in [-0.25, -0.2) is 4.79 Å². The summed E-state index contributed by atoms with van der Waals surface area (Å²) in [7, 11) is 1.63. The summed E-state index contributed by atoms with van der Waals surface area (Å²) in [4.78, 5) is 28.6. The minimum atomic E-state index is -0.335. The number of thiophene rings is 1. The number of nitrogens with zero attached hydrogens (tertiary/aromatic N) is 2. The van der Waals surface area contributed by atoms with Crippen LogP contribution in [0, 0.1) is 0 Å². The van der Waals surface area contributed by atoms with E-state index in [9.17, 15) is 9.59 Å². The molecule has 0 fully saturated rings. The van der Waals surface area contributed by atoms with Gasteiger partial charge in [0.05, 0.1) is 13.7 Å². The fourth-order valence-electron chi connectivity index (χ4n) is 4.17. The number of aromatic nitrogens is 1. The van der Waals surface area contributed by atoms with Gasteiger partial charge in [0.15, 0.2) is 10.8 Å². The monoisotopic (exact) mass is 468 g/mol. The first kappa shape index (κ1) is 23.0. The Balaban J connectivity index is 1.74. The van der Waals surface area contributed by atoms with Crippen molar-refractivity contribution in [3.05, 3.63) is 39.8 Å². The predicted octanol–water partition coefficient (Wildman–Crippen LogP) is 5.39. The van der Waals surface area contributed by atoms with Gasteiger partial charge < -0.3 is 19.8 Å². The normalized spacial score (nSPS) is 13.3. The van der Waals surface area contributed by atoms with Crippen LogP contribution in [0.4, 0.5) is 10.8 Å². The number of azo groups is 1. The third kappa shape index (κ3) is 4.93. The van der Waals surface area contributed by atoms with Crippen molar-refractivity contribution in [3.8, 4) is 5.75 Å². The van der Waals surface area contributed by atoms with Crippen molar-refractivity contribution in [1.29, 1.82) is 0 Å². The number of methoxy groups -OCH3 is 1. The molecule has 8 nitrogen and oxygen atoms in total. The minimum absolute atomic E-state index is 0.0844. The highest BCUT2D eigenvalue weighted by atomic mass is 32.1. The van der Waals surface area contributed by atoms with Gasteiger partial charge in [-0.2, -0.15) is 0 Å². The third-order valence-electron chi connectivity index (χ3n) is 5.71. The second-order valence-corrected chi connectivity index (χ2v) is 8.99. The molecule has 0 saturated heterocycles. The molecule has 1 aromatic carbocycles. The molecule has 1 amide bonds. The van der Waals surface area contributed by atoms with Gasteiger partial charge in [0.1, 0.15) is 11.3 Å². The summed E-state index contributed by atoms with van der Waals surface area (Å²) in [5, 5.41) is 13.4. The van der Waals surface area contributed by atoms with Crippen LogP contribution in [0.15, 0.2) is 28.4 Å². The zero-order chi connectivity index (χ0) is 23.4. The van der Waals surface area contributed by atoms with E-state index in [1.807, 2.05) is 18.2 Å². The number of benzene rings is 1. The Morgan fingerprint density at radius 2 is 2.03 bits per heavy atom. The summed E-state index contributed by atoms with van der Waals surface area (Å²) < 4.78 is 10.7. The Morgan fingerprint density at radius 1 is 1.21 bits per heavy atom. The number of fused-ring (bicyclic) bond motifs is 2. The number of H-pyrrole nitrogens is 1. The van der Waals surface area contributed by atoms with E-state index in [1.54, 1.807) is 14.0 Å². The topological polar surface area (TPSA) is 105 Å². The lowest BCUT2D eigenvalue weighted by Crippen LogP contribution is -2.22. The van der Waals surface area contributed by atoms with Crippen LogP contribution in [0.5, 0.6) is 5.75 Å². The molecule has 0 atom stereocenters. The second-order valence-electron chi connectivity index (χ2n) is 7.91. The van der Waals surface area contributed by atoms with E-state index in [0.717, 1.165) is 53.5 Å². The molecule has 0 radical (unpaired) electrons. The number of aryl methyl sites for hydroxylation is 1. The molecule has 9 heteroatoms. The smallest absolute Gasteiger partial charge is 0.341 e. The van der Waals surface area contributed by atoms with Gasteiger partial charge in [-0.05, 0) is 62.8 Å². The number of carbonyl (C=O) groups is 2. The van der Waals surface area contributed by atoms with Crippen molar-refractivity contribution in [2.75, 3.05) is 20.3 Å². The Bertz CT molecular complexity index is 1210. The molecule has 0 spiro atoms. The van der Waals surface area contributed by atoms with Gasteiger partial charge in [0.25, 0.3) is 0 Å². The number of hydrogen-bond acceptors (Lipinski definition) is 7. The van der Waals surface area contributed by atoms with Crippen LogP contribution < -0.4 is 10.1 Å². The third-order valence-corrected chi connectivity index (χ3v) is 6.89. The lowest BCUT2D eigenvalue weighted by Gasteiger charge is -2.11. The molecule has 1 aliphatic rings. The molecule has 174 valence electrons. The first-order valence-electron chi connectivity index (χ1n) is 11.2. The average molecular weight is 469 g/mol. The van der Waals surface area contributed by atoms with Gasteiger partial charge in [-0.1, -0.05) is 0 Å². The van der Waals surface area contributed by atoms with E-state index in [1.165, 1.54) is 23.1 Å². The van der Waals surface area contributed by atoms with Crippen LogP contribution in [0.2, 0.25) is 0 Å². The highest BCUT2D eigenvalue weighted by Crippen LogP contribution is 2.41. The van der Waals surface area contributed by atoms with Crippen molar-refractivity contribution in [3.63, 3.8) is 0 Å². The lowest BCUT2D eigenvalue weighted by atomic mass is 9.95. The first-order chi connectivity index (χ1) is 16.0. The lowest BCUT2D eigenvalue weighted by molar-refractivity contribution is -0.118. The van der Waals surface area contributed by atoms with Crippen LogP contribution in [0.25, 0.3) is 10.9 Å². The molecule has 2 N–H and O–H groups in total. The predicted molar refractivity (Wildman–Crippen MR) is 128 cm³/mol. The molecule has 0 bridgehead atoms. The Labute approximate surface area is 196 Å². The van der Waals surface area contributed by atoms with Crippen LogP contribution in [0.3, 0.4) is 0 Å². The average Bonchev–Trinajstić information content (AvgIpc) is 3.35. The molecule has 0 saturated carbocycles. The van der Waals surface area contributed by atoms with Crippen molar-refractivity contribution in [2.24, 2.45) is 10.2 Å². The van der Waals surface area contributed by atoms with Crippen molar-refractivity contribution >= 4 is 44.9 Å². The summed E-state index contributed by atoms with van der Waals surface area (Å²) >= 11 is 1.52. The van der Waals surface area contributed by atoms with Gasteiger partial charge in [0, 0.05) is 34.8 Å². The maximum Gasteiger partial charge on any atom is 0.341 e. The van der Waals surface area contributed by atoms with Crippen LogP contribution >= 0.6 is 11.3 Å². The van der Waals surface area contributed by atoms with Crippen LogP contribution in [-0.4, -0.2) is 37.1 Å². The summed E-state index contributed by atoms with van der Waals surface area (Å²) in [5.41, 5.74) is 3.45. The van der Waals surface area contributed by atoms with E-state index < -0.39 is 0 Å². The summed E-state index contributed by atoms with van der Waals surface area (Å²) in [6.07, 6.45) is 4.57. The van der Waals surface area contributed by atoms with Gasteiger partial charge >= 0.3 is 5.97 Å². The largest absolute Gasteiger partial charge is 0.497 e. The van der Waals surface area contributed by atoms with Crippen molar-refractivity contribution in [1.82, 2.24) is 10.3 Å². The van der Waals surface area contributed by atoms with E-state index in [4.69, 9.17) is 9.47 Å². The Morgan fingerprint density at radius 3 is 2.79 bits per heavy atom. The van der Waals surface area contributed by atoms with Crippen molar-refractivity contribution in [2.45, 2.75) is 46.0 Å². The molecule has 2 aromatic heterocycles. The zero-order valence-electron chi connectivity index (χ0n) is 19.1. The standard InChI is InChI=1S/C24H28N4O4S/c1-4-32-24(30)21-17-7-5-6-8-20(17)33-23(21)28-27-22-16(11-12-25-14(2)29)18-13-15(31-3)9-10-19(18)26-22/h9-10,13,26H,4-8,11-12H2,1-3H3,(H,25,29)/b28-27+. The number of aromatic amines is 1.